The fourth-order valence-electron chi connectivity index (χ4n) is 2.06. The SMILES string of the molecule is CSCC(CO)CNCc1c[nH]c2c(=O)[nH]c(=O)[nH]c12. The van der Waals surface area contributed by atoms with Gasteiger partial charge >= 0.3 is 5.69 Å². The highest BCUT2D eigenvalue weighted by Gasteiger charge is 2.10. The van der Waals surface area contributed by atoms with Crippen molar-refractivity contribution in [2.45, 2.75) is 6.54 Å². The van der Waals surface area contributed by atoms with Crippen molar-refractivity contribution in [1.82, 2.24) is 20.3 Å². The molecule has 0 spiro atoms. The van der Waals surface area contributed by atoms with Gasteiger partial charge in [-0.1, -0.05) is 0 Å². The Labute approximate surface area is 119 Å². The van der Waals surface area contributed by atoms with Gasteiger partial charge in [-0.05, 0) is 12.0 Å². The fraction of sp³-hybridized carbons (Fsp3) is 0.500. The number of H-pyrrole nitrogens is 3. The summed E-state index contributed by atoms with van der Waals surface area (Å²) < 4.78 is 0. The van der Waals surface area contributed by atoms with Crippen LogP contribution < -0.4 is 16.6 Å². The van der Waals surface area contributed by atoms with Gasteiger partial charge in [-0.2, -0.15) is 11.8 Å². The average molecular weight is 298 g/mol. The van der Waals surface area contributed by atoms with Gasteiger partial charge < -0.3 is 20.4 Å². The summed E-state index contributed by atoms with van der Waals surface area (Å²) in [5.74, 6) is 1.08. The van der Waals surface area contributed by atoms with E-state index in [1.165, 1.54) is 0 Å². The van der Waals surface area contributed by atoms with Gasteiger partial charge in [0.25, 0.3) is 5.56 Å². The van der Waals surface area contributed by atoms with Crippen LogP contribution in [0.5, 0.6) is 0 Å². The van der Waals surface area contributed by atoms with Crippen LogP contribution in [0.1, 0.15) is 5.56 Å². The highest BCUT2D eigenvalue weighted by Crippen LogP contribution is 2.10. The van der Waals surface area contributed by atoms with Crippen LogP contribution in [0.15, 0.2) is 15.8 Å². The van der Waals surface area contributed by atoms with Crippen LogP contribution in [0.3, 0.4) is 0 Å². The second kappa shape index (κ2) is 6.78. The van der Waals surface area contributed by atoms with Crippen LogP contribution in [0, 0.1) is 5.92 Å². The quantitative estimate of drug-likeness (QED) is 0.477. The maximum Gasteiger partial charge on any atom is 0.326 e. The van der Waals surface area contributed by atoms with E-state index in [0.29, 0.717) is 24.1 Å². The second-order valence-corrected chi connectivity index (χ2v) is 5.52. The Kier molecular flexibility index (Phi) is 5.05. The number of rotatable bonds is 7. The predicted molar refractivity (Wildman–Crippen MR) is 80.2 cm³/mol. The molecule has 0 aliphatic rings. The zero-order chi connectivity index (χ0) is 14.5. The number of aromatic amines is 3. The molecule has 0 aliphatic heterocycles. The minimum Gasteiger partial charge on any atom is -0.396 e. The van der Waals surface area contributed by atoms with Crippen LogP contribution in [0.25, 0.3) is 11.0 Å². The van der Waals surface area contributed by atoms with E-state index in [-0.39, 0.29) is 12.5 Å². The Hall–Kier alpha value is -1.51. The van der Waals surface area contributed by atoms with E-state index < -0.39 is 11.2 Å². The van der Waals surface area contributed by atoms with Crippen molar-refractivity contribution in [3.63, 3.8) is 0 Å². The van der Waals surface area contributed by atoms with Crippen molar-refractivity contribution in [2.75, 3.05) is 25.2 Å². The van der Waals surface area contributed by atoms with Gasteiger partial charge in [0.05, 0.1) is 5.52 Å². The number of fused-ring (bicyclic) bond motifs is 1. The summed E-state index contributed by atoms with van der Waals surface area (Å²) in [5, 5.41) is 12.4. The summed E-state index contributed by atoms with van der Waals surface area (Å²) in [6.07, 6.45) is 3.70. The minimum atomic E-state index is -0.515. The molecule has 0 fully saturated rings. The number of nitrogens with one attached hydrogen (secondary N) is 4. The highest BCUT2D eigenvalue weighted by atomic mass is 32.2. The van der Waals surface area contributed by atoms with E-state index in [4.69, 9.17) is 0 Å². The van der Waals surface area contributed by atoms with Crippen molar-refractivity contribution in [1.29, 1.82) is 0 Å². The summed E-state index contributed by atoms with van der Waals surface area (Å²) >= 11 is 1.69. The topological polar surface area (TPSA) is 114 Å². The average Bonchev–Trinajstić information content (AvgIpc) is 2.81. The van der Waals surface area contributed by atoms with Gasteiger partial charge in [0.1, 0.15) is 5.52 Å². The molecule has 0 radical (unpaired) electrons. The molecule has 20 heavy (non-hydrogen) atoms. The van der Waals surface area contributed by atoms with Gasteiger partial charge in [-0.15, -0.1) is 0 Å². The van der Waals surface area contributed by atoms with Gasteiger partial charge in [-0.3, -0.25) is 9.78 Å². The van der Waals surface area contributed by atoms with Crippen LogP contribution in [0.4, 0.5) is 0 Å². The highest BCUT2D eigenvalue weighted by molar-refractivity contribution is 7.98. The third-order valence-corrected chi connectivity index (χ3v) is 3.87. The lowest BCUT2D eigenvalue weighted by Gasteiger charge is -2.13. The van der Waals surface area contributed by atoms with Gasteiger partial charge in [-0.25, -0.2) is 4.79 Å². The van der Waals surface area contributed by atoms with Crippen LogP contribution in [0.2, 0.25) is 0 Å². The largest absolute Gasteiger partial charge is 0.396 e. The Bertz CT molecular complexity index is 675. The molecule has 0 saturated heterocycles. The summed E-state index contributed by atoms with van der Waals surface area (Å²) in [6.45, 7) is 1.33. The van der Waals surface area contributed by atoms with E-state index in [0.717, 1.165) is 11.3 Å². The molecule has 2 heterocycles. The molecular weight excluding hydrogens is 280 g/mol. The third-order valence-electron chi connectivity index (χ3n) is 3.06. The van der Waals surface area contributed by atoms with Crippen LogP contribution in [-0.4, -0.2) is 45.2 Å². The molecule has 2 aromatic heterocycles. The smallest absolute Gasteiger partial charge is 0.326 e. The first kappa shape index (κ1) is 14.9. The second-order valence-electron chi connectivity index (χ2n) is 4.61. The predicted octanol–water partition coefficient (Wildman–Crippen LogP) is -0.394. The van der Waals surface area contributed by atoms with Crippen molar-refractivity contribution in [2.24, 2.45) is 5.92 Å². The molecule has 5 N–H and O–H groups in total. The zero-order valence-corrected chi connectivity index (χ0v) is 12.0. The van der Waals surface area contributed by atoms with E-state index in [2.05, 4.69) is 20.3 Å². The fourth-order valence-corrected chi connectivity index (χ4v) is 2.75. The first-order chi connectivity index (χ1) is 9.65. The van der Waals surface area contributed by atoms with Crippen molar-refractivity contribution in [3.05, 3.63) is 32.6 Å². The molecule has 2 aromatic rings. The third kappa shape index (κ3) is 3.33. The van der Waals surface area contributed by atoms with Gasteiger partial charge in [0.2, 0.25) is 0 Å². The molecule has 0 bridgehead atoms. The molecule has 0 aromatic carbocycles. The summed E-state index contributed by atoms with van der Waals surface area (Å²) in [7, 11) is 0. The number of hydrogen-bond donors (Lipinski definition) is 5. The number of aliphatic hydroxyl groups excluding tert-OH is 1. The normalized spacial score (nSPS) is 12.9. The first-order valence-corrected chi connectivity index (χ1v) is 7.68. The van der Waals surface area contributed by atoms with Gasteiger partial charge in [0.15, 0.2) is 0 Å². The molecule has 8 heteroatoms. The molecule has 0 amide bonds. The number of thioether (sulfide) groups is 1. The van der Waals surface area contributed by atoms with E-state index in [1.54, 1.807) is 18.0 Å². The Morgan fingerprint density at radius 2 is 2.15 bits per heavy atom. The lowest BCUT2D eigenvalue weighted by molar-refractivity contribution is 0.236. The Morgan fingerprint density at radius 1 is 1.35 bits per heavy atom. The molecule has 1 atom stereocenters. The number of aromatic nitrogens is 3. The molecule has 0 saturated carbocycles. The Balaban J connectivity index is 2.07. The van der Waals surface area contributed by atoms with E-state index in [1.807, 2.05) is 6.26 Å². The summed E-state index contributed by atoms with van der Waals surface area (Å²) in [5.41, 5.74) is 0.773. The van der Waals surface area contributed by atoms with Crippen LogP contribution in [-0.2, 0) is 6.54 Å². The molecule has 0 aliphatic carbocycles. The van der Waals surface area contributed by atoms with E-state index >= 15 is 0 Å². The maximum atomic E-state index is 11.6. The Morgan fingerprint density at radius 3 is 2.85 bits per heavy atom. The molecule has 110 valence electrons. The van der Waals surface area contributed by atoms with Crippen molar-refractivity contribution in [3.8, 4) is 0 Å². The van der Waals surface area contributed by atoms with Crippen LogP contribution >= 0.6 is 11.8 Å². The monoisotopic (exact) mass is 298 g/mol. The lowest BCUT2D eigenvalue weighted by atomic mass is 10.2. The molecule has 7 nitrogen and oxygen atoms in total. The zero-order valence-electron chi connectivity index (χ0n) is 11.2. The van der Waals surface area contributed by atoms with Crippen molar-refractivity contribution < 1.29 is 5.11 Å². The molecule has 2 rings (SSSR count). The van der Waals surface area contributed by atoms with Gasteiger partial charge in [0, 0.05) is 37.4 Å². The first-order valence-electron chi connectivity index (χ1n) is 6.28. The lowest BCUT2D eigenvalue weighted by Crippen LogP contribution is -2.27. The number of hydrogen-bond acceptors (Lipinski definition) is 5. The summed E-state index contributed by atoms with van der Waals surface area (Å²) in [6, 6.07) is 0. The maximum absolute atomic E-state index is 11.6. The molecular formula is C12H18N4O3S. The molecule has 1 unspecified atom stereocenters. The number of aliphatic hydroxyl groups is 1. The van der Waals surface area contributed by atoms with Crippen molar-refractivity contribution >= 4 is 22.8 Å². The van der Waals surface area contributed by atoms with E-state index in [9.17, 15) is 14.7 Å². The summed E-state index contributed by atoms with van der Waals surface area (Å²) in [4.78, 5) is 30.5. The standard InChI is InChI=1S/C12H18N4O3S/c1-20-6-7(5-17)2-13-3-8-4-14-10-9(8)15-12(19)16-11(10)18/h4,7,13-14,17H,2-3,5-6H2,1H3,(H2,15,16,18,19). The minimum absolute atomic E-state index is 0.137.